The van der Waals surface area contributed by atoms with Gasteiger partial charge < -0.3 is 15.6 Å². The molecule has 1 atom stereocenters. The molecule has 1 heterocycles. The van der Waals surface area contributed by atoms with Crippen LogP contribution in [0.5, 0.6) is 0 Å². The van der Waals surface area contributed by atoms with Crippen molar-refractivity contribution in [2.45, 2.75) is 25.3 Å². The predicted octanol–water partition coefficient (Wildman–Crippen LogP) is 2.20. The highest BCUT2D eigenvalue weighted by Gasteiger charge is 2.22. The quantitative estimate of drug-likeness (QED) is 0.827. The Bertz CT molecular complexity index is 786. The van der Waals surface area contributed by atoms with Crippen LogP contribution in [-0.2, 0) is 13.5 Å². The fraction of sp³-hybridized carbons (Fsp3) is 0.294. The van der Waals surface area contributed by atoms with Gasteiger partial charge in [0, 0.05) is 30.6 Å². The van der Waals surface area contributed by atoms with Crippen LogP contribution in [0.15, 0.2) is 41.3 Å². The second-order valence-electron chi connectivity index (χ2n) is 5.74. The van der Waals surface area contributed by atoms with Crippen LogP contribution >= 0.6 is 12.4 Å². The van der Waals surface area contributed by atoms with Crippen molar-refractivity contribution >= 4 is 24.0 Å². The summed E-state index contributed by atoms with van der Waals surface area (Å²) in [7, 11) is 1.66. The van der Waals surface area contributed by atoms with E-state index in [-0.39, 0.29) is 29.9 Å². The van der Waals surface area contributed by atoms with E-state index in [1.54, 1.807) is 19.3 Å². The normalized spacial score (nSPS) is 16.1. The molecule has 1 aliphatic carbocycles. The highest BCUT2D eigenvalue weighted by atomic mass is 35.5. The number of nitrogens with two attached hydrogens (primary N) is 1. The van der Waals surface area contributed by atoms with Gasteiger partial charge in [0.25, 0.3) is 11.5 Å². The Kier molecular flexibility index (Phi) is 5.11. The van der Waals surface area contributed by atoms with Crippen LogP contribution in [0, 0.1) is 0 Å². The Morgan fingerprint density at radius 3 is 2.83 bits per heavy atom. The highest BCUT2D eigenvalue weighted by Crippen LogP contribution is 2.31. The third kappa shape index (κ3) is 3.56. The molecule has 5 nitrogen and oxygen atoms in total. The van der Waals surface area contributed by atoms with Crippen LogP contribution in [0.25, 0.3) is 0 Å². The average molecular weight is 334 g/mol. The standard InChI is InChI=1S/C17H19N3O2.ClH/c1-20-8-7-12(10-16(20)21)17(22)19-15-4-2-3-11-9-13(18)5-6-14(11)15;/h5-10,15H,2-4,18H2,1H3,(H,19,22);1H. The molecule has 1 unspecified atom stereocenters. The number of aryl methyl sites for hydroxylation is 2. The molecule has 2 aromatic rings. The van der Waals surface area contributed by atoms with E-state index in [0.717, 1.165) is 30.5 Å². The minimum Gasteiger partial charge on any atom is -0.399 e. The fourth-order valence-corrected chi connectivity index (χ4v) is 2.92. The van der Waals surface area contributed by atoms with Gasteiger partial charge in [0.15, 0.2) is 0 Å². The molecule has 1 amide bonds. The number of halogens is 1. The number of nitrogen functional groups attached to an aromatic ring is 1. The summed E-state index contributed by atoms with van der Waals surface area (Å²) in [6, 6.07) is 8.82. The molecule has 0 bridgehead atoms. The number of hydrogen-bond acceptors (Lipinski definition) is 3. The number of pyridine rings is 1. The summed E-state index contributed by atoms with van der Waals surface area (Å²) in [4.78, 5) is 24.0. The number of carbonyl (C=O) groups is 1. The topological polar surface area (TPSA) is 77.1 Å². The molecule has 0 fully saturated rings. The van der Waals surface area contributed by atoms with Crippen LogP contribution in [0.3, 0.4) is 0 Å². The molecule has 1 aromatic heterocycles. The van der Waals surface area contributed by atoms with E-state index in [4.69, 9.17) is 5.73 Å². The molecule has 1 aliphatic rings. The smallest absolute Gasteiger partial charge is 0.252 e. The molecule has 0 aliphatic heterocycles. The number of benzene rings is 1. The predicted molar refractivity (Wildman–Crippen MR) is 92.9 cm³/mol. The van der Waals surface area contributed by atoms with Gasteiger partial charge >= 0.3 is 0 Å². The van der Waals surface area contributed by atoms with Crippen LogP contribution in [0.1, 0.15) is 40.4 Å². The number of anilines is 1. The first-order valence-corrected chi connectivity index (χ1v) is 7.40. The molecule has 3 N–H and O–H groups in total. The van der Waals surface area contributed by atoms with Gasteiger partial charge in [-0.2, -0.15) is 0 Å². The minimum absolute atomic E-state index is 0. The maximum Gasteiger partial charge on any atom is 0.252 e. The van der Waals surface area contributed by atoms with Crippen LogP contribution in [0.4, 0.5) is 5.69 Å². The SMILES string of the molecule is Cl.Cn1ccc(C(=O)NC2CCCc3cc(N)ccc32)cc1=O. The van der Waals surface area contributed by atoms with E-state index in [1.165, 1.54) is 16.2 Å². The van der Waals surface area contributed by atoms with Gasteiger partial charge in [-0.25, -0.2) is 0 Å². The first-order valence-electron chi connectivity index (χ1n) is 7.40. The second-order valence-corrected chi connectivity index (χ2v) is 5.74. The van der Waals surface area contributed by atoms with Crippen molar-refractivity contribution in [3.63, 3.8) is 0 Å². The molecule has 1 aromatic carbocycles. The molecule has 3 rings (SSSR count). The lowest BCUT2D eigenvalue weighted by atomic mass is 9.87. The van der Waals surface area contributed by atoms with E-state index in [9.17, 15) is 9.59 Å². The van der Waals surface area contributed by atoms with E-state index in [0.29, 0.717) is 5.56 Å². The van der Waals surface area contributed by atoms with E-state index >= 15 is 0 Å². The third-order valence-electron chi connectivity index (χ3n) is 4.15. The number of amides is 1. The lowest BCUT2D eigenvalue weighted by Crippen LogP contribution is -2.32. The molecule has 0 radical (unpaired) electrons. The van der Waals surface area contributed by atoms with Crippen LogP contribution in [0.2, 0.25) is 0 Å². The zero-order valence-corrected chi connectivity index (χ0v) is 13.7. The Morgan fingerprint density at radius 1 is 1.30 bits per heavy atom. The van der Waals surface area contributed by atoms with Crippen molar-refractivity contribution in [1.29, 1.82) is 0 Å². The number of nitrogens with one attached hydrogen (secondary N) is 1. The fourth-order valence-electron chi connectivity index (χ4n) is 2.92. The summed E-state index contributed by atoms with van der Waals surface area (Å²) in [6.45, 7) is 0. The second kappa shape index (κ2) is 6.87. The monoisotopic (exact) mass is 333 g/mol. The van der Waals surface area contributed by atoms with Gasteiger partial charge in [-0.1, -0.05) is 6.07 Å². The number of aromatic nitrogens is 1. The first-order chi connectivity index (χ1) is 10.5. The maximum atomic E-state index is 12.4. The lowest BCUT2D eigenvalue weighted by molar-refractivity contribution is 0.0932. The van der Waals surface area contributed by atoms with Crippen molar-refractivity contribution in [2.24, 2.45) is 7.05 Å². The number of fused-ring (bicyclic) bond motifs is 1. The van der Waals surface area contributed by atoms with Gasteiger partial charge in [0.05, 0.1) is 6.04 Å². The summed E-state index contributed by atoms with van der Waals surface area (Å²) >= 11 is 0. The minimum atomic E-state index is -0.215. The first kappa shape index (κ1) is 17.1. The summed E-state index contributed by atoms with van der Waals surface area (Å²) in [6.07, 6.45) is 4.50. The number of carbonyl (C=O) groups excluding carboxylic acids is 1. The molecule has 23 heavy (non-hydrogen) atoms. The molecule has 0 spiro atoms. The maximum absolute atomic E-state index is 12.4. The summed E-state index contributed by atoms with van der Waals surface area (Å²) in [5.74, 6) is -0.215. The molecule has 0 saturated carbocycles. The van der Waals surface area contributed by atoms with Crippen molar-refractivity contribution in [3.05, 3.63) is 63.6 Å². The van der Waals surface area contributed by atoms with E-state index in [2.05, 4.69) is 5.32 Å². The van der Waals surface area contributed by atoms with Gasteiger partial charge in [0.1, 0.15) is 0 Å². The number of rotatable bonds is 2. The summed E-state index contributed by atoms with van der Waals surface area (Å²) in [5.41, 5.74) is 9.10. The Labute approximate surface area is 140 Å². The molecular weight excluding hydrogens is 314 g/mol. The zero-order chi connectivity index (χ0) is 15.7. The van der Waals surface area contributed by atoms with Gasteiger partial charge in [0.2, 0.25) is 0 Å². The largest absolute Gasteiger partial charge is 0.399 e. The zero-order valence-electron chi connectivity index (χ0n) is 12.9. The molecule has 122 valence electrons. The highest BCUT2D eigenvalue weighted by molar-refractivity contribution is 5.94. The van der Waals surface area contributed by atoms with Gasteiger partial charge in [-0.3, -0.25) is 9.59 Å². The van der Waals surface area contributed by atoms with Crippen LogP contribution < -0.4 is 16.6 Å². The van der Waals surface area contributed by atoms with Gasteiger partial charge in [-0.05, 0) is 48.6 Å². The average Bonchev–Trinajstić information content (AvgIpc) is 2.50. The summed E-state index contributed by atoms with van der Waals surface area (Å²) < 4.78 is 1.44. The molecule has 6 heteroatoms. The Morgan fingerprint density at radius 2 is 2.09 bits per heavy atom. The van der Waals surface area contributed by atoms with E-state index < -0.39 is 0 Å². The van der Waals surface area contributed by atoms with Crippen molar-refractivity contribution in [2.75, 3.05) is 5.73 Å². The molecule has 0 saturated heterocycles. The number of nitrogens with zero attached hydrogens (tertiary/aromatic N) is 1. The third-order valence-corrected chi connectivity index (χ3v) is 4.15. The lowest BCUT2D eigenvalue weighted by Gasteiger charge is -2.26. The van der Waals surface area contributed by atoms with Gasteiger partial charge in [-0.15, -0.1) is 12.4 Å². The van der Waals surface area contributed by atoms with Crippen LogP contribution in [-0.4, -0.2) is 10.5 Å². The molecular formula is C17H20ClN3O2. The van der Waals surface area contributed by atoms with E-state index in [1.807, 2.05) is 18.2 Å². The van der Waals surface area contributed by atoms with Crippen molar-refractivity contribution in [1.82, 2.24) is 9.88 Å². The number of hydrogen-bond donors (Lipinski definition) is 2. The Balaban J connectivity index is 0.00000192. The van der Waals surface area contributed by atoms with Crippen molar-refractivity contribution < 1.29 is 4.79 Å². The summed E-state index contributed by atoms with van der Waals surface area (Å²) in [5, 5.41) is 3.03. The van der Waals surface area contributed by atoms with Crippen molar-refractivity contribution in [3.8, 4) is 0 Å². The Hall–Kier alpha value is -2.27.